The maximum Gasteiger partial charge on any atom is 0.193 e. The first kappa shape index (κ1) is 7.13. The average molecular weight is 157 g/mol. The number of furan rings is 1. The Balaban J connectivity index is 2.87. The van der Waals surface area contributed by atoms with Gasteiger partial charge in [-0.1, -0.05) is 0 Å². The van der Waals surface area contributed by atoms with Crippen molar-refractivity contribution in [1.29, 1.82) is 5.26 Å². The van der Waals surface area contributed by atoms with E-state index in [9.17, 15) is 0 Å². The van der Waals surface area contributed by atoms with E-state index in [2.05, 4.69) is 0 Å². The Morgan fingerprint density at radius 2 is 2.40 bits per heavy atom. The van der Waals surface area contributed by atoms with Crippen LogP contribution in [0.1, 0.15) is 11.8 Å². The van der Waals surface area contributed by atoms with Crippen LogP contribution in [-0.4, -0.2) is 0 Å². The number of halogens is 1. The second-order valence-corrected chi connectivity index (χ2v) is 2.12. The molecule has 0 spiro atoms. The molecular formula is C6H5ClN2O. The van der Waals surface area contributed by atoms with Gasteiger partial charge in [-0.25, -0.2) is 0 Å². The van der Waals surface area contributed by atoms with Gasteiger partial charge in [0.1, 0.15) is 5.76 Å². The summed E-state index contributed by atoms with van der Waals surface area (Å²) in [4.78, 5) is 0. The molecule has 2 N–H and O–H groups in total. The van der Waals surface area contributed by atoms with Crippen LogP contribution in [0.5, 0.6) is 0 Å². The molecule has 0 fully saturated rings. The summed E-state index contributed by atoms with van der Waals surface area (Å²) in [6.07, 6.45) is 0. The van der Waals surface area contributed by atoms with Crippen molar-refractivity contribution in [3.63, 3.8) is 0 Å². The highest BCUT2D eigenvalue weighted by Crippen LogP contribution is 2.17. The zero-order valence-electron chi connectivity index (χ0n) is 5.04. The summed E-state index contributed by atoms with van der Waals surface area (Å²) in [5.74, 6) is 0.396. The number of nitrogens with zero attached hydrogens (tertiary/aromatic N) is 1. The summed E-state index contributed by atoms with van der Waals surface area (Å²) < 4.78 is 4.85. The van der Waals surface area contributed by atoms with Crippen LogP contribution >= 0.6 is 11.6 Å². The van der Waals surface area contributed by atoms with Gasteiger partial charge in [0.2, 0.25) is 0 Å². The first-order chi connectivity index (χ1) is 4.74. The molecule has 0 bridgehead atoms. The van der Waals surface area contributed by atoms with Crippen molar-refractivity contribution in [3.8, 4) is 6.07 Å². The van der Waals surface area contributed by atoms with Crippen LogP contribution in [0.3, 0.4) is 0 Å². The van der Waals surface area contributed by atoms with Crippen molar-refractivity contribution < 1.29 is 4.42 Å². The van der Waals surface area contributed by atoms with Gasteiger partial charge in [-0.15, -0.1) is 0 Å². The van der Waals surface area contributed by atoms with Crippen LogP contribution in [0.2, 0.25) is 5.22 Å². The van der Waals surface area contributed by atoms with Crippen molar-refractivity contribution in [2.45, 2.75) is 6.04 Å². The van der Waals surface area contributed by atoms with Crippen molar-refractivity contribution in [2.75, 3.05) is 0 Å². The van der Waals surface area contributed by atoms with Gasteiger partial charge in [-0.05, 0) is 23.7 Å². The molecule has 0 saturated carbocycles. The second kappa shape index (κ2) is 2.74. The number of rotatable bonds is 1. The fourth-order valence-electron chi connectivity index (χ4n) is 0.559. The lowest BCUT2D eigenvalue weighted by Crippen LogP contribution is -2.05. The van der Waals surface area contributed by atoms with E-state index in [-0.39, 0.29) is 5.22 Å². The Labute approximate surface area is 63.0 Å². The summed E-state index contributed by atoms with van der Waals surface area (Å²) in [5, 5.41) is 8.57. The SMILES string of the molecule is N#CC(N)c1ccc(Cl)o1. The van der Waals surface area contributed by atoms with Gasteiger partial charge in [0.25, 0.3) is 0 Å². The molecule has 10 heavy (non-hydrogen) atoms. The molecule has 4 heteroatoms. The van der Waals surface area contributed by atoms with Crippen LogP contribution in [0.25, 0.3) is 0 Å². The summed E-state index contributed by atoms with van der Waals surface area (Å²) in [6.45, 7) is 0. The first-order valence-electron chi connectivity index (χ1n) is 2.64. The van der Waals surface area contributed by atoms with Crippen molar-refractivity contribution in [3.05, 3.63) is 23.1 Å². The van der Waals surface area contributed by atoms with Gasteiger partial charge in [0.15, 0.2) is 11.3 Å². The van der Waals surface area contributed by atoms with Gasteiger partial charge in [0.05, 0.1) is 6.07 Å². The number of hydrogen-bond acceptors (Lipinski definition) is 3. The largest absolute Gasteiger partial charge is 0.447 e. The second-order valence-electron chi connectivity index (χ2n) is 1.75. The van der Waals surface area contributed by atoms with Crippen LogP contribution in [0.15, 0.2) is 16.5 Å². The molecule has 0 aliphatic rings. The smallest absolute Gasteiger partial charge is 0.193 e. The minimum Gasteiger partial charge on any atom is -0.447 e. The van der Waals surface area contributed by atoms with Crippen molar-refractivity contribution in [1.82, 2.24) is 0 Å². The Morgan fingerprint density at radius 1 is 1.70 bits per heavy atom. The molecule has 0 saturated heterocycles. The molecule has 0 amide bonds. The van der Waals surface area contributed by atoms with Gasteiger partial charge in [-0.3, -0.25) is 0 Å². The molecule has 0 radical (unpaired) electrons. The maximum atomic E-state index is 8.32. The molecule has 0 aliphatic carbocycles. The molecule has 3 nitrogen and oxygen atoms in total. The normalized spacial score (nSPS) is 12.5. The third-order valence-electron chi connectivity index (χ3n) is 1.04. The quantitative estimate of drug-likeness (QED) is 0.670. The molecule has 1 aromatic heterocycles. The van der Waals surface area contributed by atoms with E-state index in [1.807, 2.05) is 6.07 Å². The maximum absolute atomic E-state index is 8.32. The van der Waals surface area contributed by atoms with E-state index in [1.54, 1.807) is 12.1 Å². The Bertz CT molecular complexity index is 263. The standard InChI is InChI=1S/C6H5ClN2O/c7-6-2-1-5(10-6)4(9)3-8/h1-2,4H,9H2. The van der Waals surface area contributed by atoms with Gasteiger partial charge >= 0.3 is 0 Å². The van der Waals surface area contributed by atoms with Crippen molar-refractivity contribution in [2.24, 2.45) is 5.73 Å². The van der Waals surface area contributed by atoms with E-state index >= 15 is 0 Å². The fourth-order valence-corrected chi connectivity index (χ4v) is 0.711. The van der Waals surface area contributed by atoms with E-state index in [0.717, 1.165) is 0 Å². The summed E-state index contributed by atoms with van der Waals surface area (Å²) in [7, 11) is 0. The number of hydrogen-bond donors (Lipinski definition) is 1. The Hall–Kier alpha value is -0.980. The first-order valence-corrected chi connectivity index (χ1v) is 3.02. The van der Waals surface area contributed by atoms with Gasteiger partial charge < -0.3 is 10.2 Å². The molecule has 1 atom stereocenters. The highest BCUT2D eigenvalue weighted by atomic mass is 35.5. The number of nitriles is 1. The lowest BCUT2D eigenvalue weighted by Gasteiger charge is -1.93. The van der Waals surface area contributed by atoms with E-state index in [1.165, 1.54) is 0 Å². The lowest BCUT2D eigenvalue weighted by atomic mass is 10.3. The van der Waals surface area contributed by atoms with Crippen molar-refractivity contribution >= 4 is 11.6 Å². The average Bonchev–Trinajstić information content (AvgIpc) is 2.34. The molecule has 1 aromatic rings. The van der Waals surface area contributed by atoms with E-state index in [4.69, 9.17) is 27.0 Å². The molecule has 0 aromatic carbocycles. The lowest BCUT2D eigenvalue weighted by molar-refractivity contribution is 0.498. The van der Waals surface area contributed by atoms with Crippen LogP contribution in [0, 0.1) is 11.3 Å². The Morgan fingerprint density at radius 3 is 2.80 bits per heavy atom. The van der Waals surface area contributed by atoms with E-state index < -0.39 is 6.04 Å². The fraction of sp³-hybridized carbons (Fsp3) is 0.167. The van der Waals surface area contributed by atoms with Gasteiger partial charge in [-0.2, -0.15) is 5.26 Å². The highest BCUT2D eigenvalue weighted by molar-refractivity contribution is 6.28. The molecular weight excluding hydrogens is 152 g/mol. The zero-order chi connectivity index (χ0) is 7.56. The van der Waals surface area contributed by atoms with Gasteiger partial charge in [0, 0.05) is 0 Å². The predicted molar refractivity (Wildman–Crippen MR) is 36.3 cm³/mol. The zero-order valence-corrected chi connectivity index (χ0v) is 5.80. The Kier molecular flexibility index (Phi) is 1.95. The van der Waals surface area contributed by atoms with Crippen LogP contribution < -0.4 is 5.73 Å². The molecule has 0 aliphatic heterocycles. The summed E-state index contributed by atoms with van der Waals surface area (Å²) in [5.41, 5.74) is 5.29. The van der Waals surface area contributed by atoms with E-state index in [0.29, 0.717) is 5.76 Å². The minimum atomic E-state index is -0.715. The monoisotopic (exact) mass is 156 g/mol. The third kappa shape index (κ3) is 1.29. The number of nitrogens with two attached hydrogens (primary N) is 1. The van der Waals surface area contributed by atoms with Crippen LogP contribution in [0.4, 0.5) is 0 Å². The summed E-state index contributed by atoms with van der Waals surface area (Å²) in [6, 6.07) is 4.23. The minimum absolute atomic E-state index is 0.251. The third-order valence-corrected chi connectivity index (χ3v) is 1.24. The predicted octanol–water partition coefficient (Wildman–Crippen LogP) is 1.46. The molecule has 52 valence electrons. The molecule has 1 heterocycles. The topological polar surface area (TPSA) is 63.0 Å². The molecule has 1 unspecified atom stereocenters. The highest BCUT2D eigenvalue weighted by Gasteiger charge is 2.07. The van der Waals surface area contributed by atoms with Crippen LogP contribution in [-0.2, 0) is 0 Å². The summed E-state index contributed by atoms with van der Waals surface area (Å²) >= 11 is 5.43. The molecule has 1 rings (SSSR count).